The van der Waals surface area contributed by atoms with E-state index in [0.717, 1.165) is 6.61 Å². The molecule has 0 heterocycles. The van der Waals surface area contributed by atoms with Gasteiger partial charge in [0, 0.05) is 13.2 Å². The first-order valence-electron chi connectivity index (χ1n) is 5.09. The van der Waals surface area contributed by atoms with Gasteiger partial charge in [0.25, 0.3) is 0 Å². The topological polar surface area (TPSA) is 35.2 Å². The third-order valence-corrected chi connectivity index (χ3v) is 2.86. The van der Waals surface area contributed by atoms with E-state index in [9.17, 15) is 0 Å². The van der Waals surface area contributed by atoms with Gasteiger partial charge in [-0.2, -0.15) is 0 Å². The quantitative estimate of drug-likeness (QED) is 0.658. The van der Waals surface area contributed by atoms with Crippen molar-refractivity contribution in [2.75, 3.05) is 13.7 Å². The van der Waals surface area contributed by atoms with Crippen LogP contribution >= 0.6 is 0 Å². The first-order chi connectivity index (χ1) is 5.84. The van der Waals surface area contributed by atoms with Crippen molar-refractivity contribution < 1.29 is 4.74 Å². The standard InChI is InChI=1S/C10H21NO/c1-12-8-10(11)9-6-4-2-3-5-7-9/h9-10H,2-8,11H2,1H3. The molecule has 1 atom stereocenters. The van der Waals surface area contributed by atoms with Crippen LogP contribution in [0.25, 0.3) is 0 Å². The molecule has 1 aliphatic rings. The van der Waals surface area contributed by atoms with Gasteiger partial charge in [0.15, 0.2) is 0 Å². The molecule has 0 spiro atoms. The zero-order valence-electron chi connectivity index (χ0n) is 8.09. The van der Waals surface area contributed by atoms with E-state index in [1.54, 1.807) is 7.11 Å². The number of rotatable bonds is 3. The van der Waals surface area contributed by atoms with Gasteiger partial charge in [-0.3, -0.25) is 0 Å². The van der Waals surface area contributed by atoms with Crippen molar-refractivity contribution >= 4 is 0 Å². The Labute approximate surface area is 75.5 Å². The van der Waals surface area contributed by atoms with E-state index >= 15 is 0 Å². The van der Waals surface area contributed by atoms with Crippen LogP contribution in [-0.4, -0.2) is 19.8 Å². The Bertz CT molecular complexity index is 108. The minimum absolute atomic E-state index is 0.271. The minimum Gasteiger partial charge on any atom is -0.383 e. The molecule has 0 bridgehead atoms. The lowest BCUT2D eigenvalue weighted by Gasteiger charge is -2.21. The minimum atomic E-state index is 0.271. The average molecular weight is 171 g/mol. The van der Waals surface area contributed by atoms with Crippen molar-refractivity contribution in [3.63, 3.8) is 0 Å². The van der Waals surface area contributed by atoms with E-state index < -0.39 is 0 Å². The zero-order valence-corrected chi connectivity index (χ0v) is 8.09. The maximum absolute atomic E-state index is 6.00. The van der Waals surface area contributed by atoms with Gasteiger partial charge in [0.2, 0.25) is 0 Å². The second-order valence-corrected chi connectivity index (χ2v) is 3.87. The molecule has 1 saturated carbocycles. The van der Waals surface area contributed by atoms with Gasteiger partial charge < -0.3 is 10.5 Å². The van der Waals surface area contributed by atoms with Crippen LogP contribution in [0.15, 0.2) is 0 Å². The van der Waals surface area contributed by atoms with Gasteiger partial charge in [-0.25, -0.2) is 0 Å². The molecule has 0 amide bonds. The fourth-order valence-corrected chi connectivity index (χ4v) is 2.07. The maximum atomic E-state index is 6.00. The number of methoxy groups -OCH3 is 1. The molecule has 2 N–H and O–H groups in total. The summed E-state index contributed by atoms with van der Waals surface area (Å²) in [6, 6.07) is 0.271. The van der Waals surface area contributed by atoms with Crippen LogP contribution in [0.3, 0.4) is 0 Å². The van der Waals surface area contributed by atoms with Crippen LogP contribution < -0.4 is 5.73 Å². The van der Waals surface area contributed by atoms with Gasteiger partial charge in [-0.05, 0) is 18.8 Å². The molecule has 0 aromatic heterocycles. The molecule has 0 radical (unpaired) electrons. The summed E-state index contributed by atoms with van der Waals surface area (Å²) in [6.07, 6.45) is 8.14. The van der Waals surface area contributed by atoms with Crippen LogP contribution in [0.1, 0.15) is 38.5 Å². The van der Waals surface area contributed by atoms with E-state index in [1.165, 1.54) is 38.5 Å². The predicted molar refractivity (Wildman–Crippen MR) is 51.0 cm³/mol. The van der Waals surface area contributed by atoms with Crippen LogP contribution in [-0.2, 0) is 4.74 Å². The lowest BCUT2D eigenvalue weighted by molar-refractivity contribution is 0.152. The Morgan fingerprint density at radius 3 is 2.33 bits per heavy atom. The van der Waals surface area contributed by atoms with Crippen LogP contribution in [0.5, 0.6) is 0 Å². The Balaban J connectivity index is 2.27. The van der Waals surface area contributed by atoms with Gasteiger partial charge in [-0.1, -0.05) is 25.7 Å². The number of hydrogen-bond acceptors (Lipinski definition) is 2. The second kappa shape index (κ2) is 5.55. The summed E-state index contributed by atoms with van der Waals surface area (Å²) in [5.74, 6) is 0.715. The Hall–Kier alpha value is -0.0800. The summed E-state index contributed by atoms with van der Waals surface area (Å²) >= 11 is 0. The SMILES string of the molecule is COCC(N)C1CCCCCC1. The smallest absolute Gasteiger partial charge is 0.0616 e. The molecule has 0 aliphatic heterocycles. The lowest BCUT2D eigenvalue weighted by Crippen LogP contribution is -2.34. The molecule has 1 rings (SSSR count). The van der Waals surface area contributed by atoms with Crippen LogP contribution in [0.4, 0.5) is 0 Å². The van der Waals surface area contributed by atoms with Crippen LogP contribution in [0, 0.1) is 5.92 Å². The van der Waals surface area contributed by atoms with Gasteiger partial charge in [0.05, 0.1) is 6.61 Å². The van der Waals surface area contributed by atoms with Crippen molar-refractivity contribution in [2.24, 2.45) is 11.7 Å². The van der Waals surface area contributed by atoms with Gasteiger partial charge in [-0.15, -0.1) is 0 Å². The molecule has 2 heteroatoms. The number of nitrogens with two attached hydrogens (primary N) is 1. The monoisotopic (exact) mass is 171 g/mol. The molecule has 72 valence electrons. The van der Waals surface area contributed by atoms with Crippen LogP contribution in [0.2, 0.25) is 0 Å². The molecule has 0 saturated heterocycles. The summed E-state index contributed by atoms with van der Waals surface area (Å²) in [7, 11) is 1.73. The van der Waals surface area contributed by atoms with Crippen molar-refractivity contribution in [1.82, 2.24) is 0 Å². The first-order valence-corrected chi connectivity index (χ1v) is 5.09. The highest BCUT2D eigenvalue weighted by atomic mass is 16.5. The summed E-state index contributed by atoms with van der Waals surface area (Å²) in [5, 5.41) is 0. The Morgan fingerprint density at radius 1 is 1.25 bits per heavy atom. The highest BCUT2D eigenvalue weighted by molar-refractivity contribution is 4.74. The molecular formula is C10H21NO. The molecule has 1 unspecified atom stereocenters. The molecule has 1 aliphatic carbocycles. The Morgan fingerprint density at radius 2 is 1.83 bits per heavy atom. The lowest BCUT2D eigenvalue weighted by atomic mass is 9.93. The molecule has 12 heavy (non-hydrogen) atoms. The van der Waals surface area contributed by atoms with Crippen molar-refractivity contribution in [1.29, 1.82) is 0 Å². The van der Waals surface area contributed by atoms with E-state index in [2.05, 4.69) is 0 Å². The van der Waals surface area contributed by atoms with Crippen molar-refractivity contribution in [3.05, 3.63) is 0 Å². The molecule has 1 fully saturated rings. The first kappa shape index (κ1) is 10.0. The summed E-state index contributed by atoms with van der Waals surface area (Å²) in [4.78, 5) is 0. The molecule has 0 aromatic carbocycles. The van der Waals surface area contributed by atoms with Crippen molar-refractivity contribution in [2.45, 2.75) is 44.6 Å². The highest BCUT2D eigenvalue weighted by Crippen LogP contribution is 2.24. The van der Waals surface area contributed by atoms with E-state index in [4.69, 9.17) is 10.5 Å². The third kappa shape index (κ3) is 3.11. The Kier molecular flexibility index (Phi) is 4.62. The van der Waals surface area contributed by atoms with E-state index in [0.29, 0.717) is 5.92 Å². The largest absolute Gasteiger partial charge is 0.383 e. The summed E-state index contributed by atoms with van der Waals surface area (Å²) < 4.78 is 5.07. The summed E-state index contributed by atoms with van der Waals surface area (Å²) in [5.41, 5.74) is 6.00. The fourth-order valence-electron chi connectivity index (χ4n) is 2.07. The average Bonchev–Trinajstić information content (AvgIpc) is 2.32. The number of hydrogen-bond donors (Lipinski definition) is 1. The van der Waals surface area contributed by atoms with E-state index in [1.807, 2.05) is 0 Å². The summed E-state index contributed by atoms with van der Waals surface area (Å²) in [6.45, 7) is 0.727. The number of ether oxygens (including phenoxy) is 1. The zero-order chi connectivity index (χ0) is 8.81. The van der Waals surface area contributed by atoms with Crippen molar-refractivity contribution in [3.8, 4) is 0 Å². The third-order valence-electron chi connectivity index (χ3n) is 2.86. The van der Waals surface area contributed by atoms with Gasteiger partial charge >= 0.3 is 0 Å². The highest BCUT2D eigenvalue weighted by Gasteiger charge is 2.18. The maximum Gasteiger partial charge on any atom is 0.0616 e. The molecule has 2 nitrogen and oxygen atoms in total. The molecule has 0 aromatic rings. The second-order valence-electron chi connectivity index (χ2n) is 3.87. The van der Waals surface area contributed by atoms with E-state index in [-0.39, 0.29) is 6.04 Å². The van der Waals surface area contributed by atoms with Gasteiger partial charge in [0.1, 0.15) is 0 Å². The molecular weight excluding hydrogens is 150 g/mol. The normalized spacial score (nSPS) is 23.5. The fraction of sp³-hybridized carbons (Fsp3) is 1.00. The predicted octanol–water partition coefficient (Wildman–Crippen LogP) is 1.93.